The van der Waals surface area contributed by atoms with Crippen molar-refractivity contribution in [2.24, 2.45) is 0 Å². The van der Waals surface area contributed by atoms with E-state index in [2.05, 4.69) is 10.6 Å². The van der Waals surface area contributed by atoms with Crippen molar-refractivity contribution in [1.29, 1.82) is 0 Å². The lowest BCUT2D eigenvalue weighted by molar-refractivity contribution is 0.416. The lowest BCUT2D eigenvalue weighted by Gasteiger charge is -2.20. The summed E-state index contributed by atoms with van der Waals surface area (Å²) in [5, 5.41) is 6.69. The van der Waals surface area contributed by atoms with Crippen LogP contribution in [0, 0.1) is 0 Å². The van der Waals surface area contributed by atoms with E-state index in [0.29, 0.717) is 29.6 Å². The minimum absolute atomic E-state index is 0.00344. The van der Waals surface area contributed by atoms with Gasteiger partial charge in [-0.1, -0.05) is 30.3 Å². The molecule has 0 spiro atoms. The molecule has 1 atom stereocenters. The minimum atomic E-state index is -3.51. The van der Waals surface area contributed by atoms with Gasteiger partial charge < -0.3 is 15.4 Å². The van der Waals surface area contributed by atoms with Crippen molar-refractivity contribution in [1.82, 2.24) is 9.62 Å². The number of rotatable bonds is 6. The second kappa shape index (κ2) is 8.89. The van der Waals surface area contributed by atoms with Crippen molar-refractivity contribution in [2.75, 3.05) is 25.5 Å². The molecule has 0 bridgehead atoms. The zero-order chi connectivity index (χ0) is 20.1. The fraction of sp³-hybridized carbons (Fsp3) is 0.350. The Morgan fingerprint density at radius 1 is 1.14 bits per heavy atom. The molecule has 1 heterocycles. The molecule has 8 heteroatoms. The van der Waals surface area contributed by atoms with E-state index in [1.165, 1.54) is 11.4 Å². The quantitative estimate of drug-likeness (QED) is 0.698. The smallest absolute Gasteiger partial charge is 0.243 e. The first-order valence-corrected chi connectivity index (χ1v) is 11.1. The Balaban J connectivity index is 1.77. The Labute approximate surface area is 171 Å². The van der Waals surface area contributed by atoms with Crippen LogP contribution in [0.5, 0.6) is 5.75 Å². The Bertz CT molecular complexity index is 927. The molecule has 0 saturated carbocycles. The molecule has 0 aliphatic carbocycles. The molecule has 1 fully saturated rings. The van der Waals surface area contributed by atoms with Crippen LogP contribution in [0.4, 0.5) is 5.69 Å². The molecule has 3 rings (SSSR count). The van der Waals surface area contributed by atoms with E-state index in [9.17, 15) is 8.42 Å². The molecule has 28 heavy (non-hydrogen) atoms. The summed E-state index contributed by atoms with van der Waals surface area (Å²) >= 11 is 5.43. The van der Waals surface area contributed by atoms with Gasteiger partial charge in [0.2, 0.25) is 10.0 Å². The summed E-state index contributed by atoms with van der Waals surface area (Å²) in [4.78, 5) is 0.233. The maximum Gasteiger partial charge on any atom is 0.243 e. The lowest BCUT2D eigenvalue weighted by Crippen LogP contribution is -2.31. The van der Waals surface area contributed by atoms with Crippen molar-refractivity contribution in [2.45, 2.75) is 30.7 Å². The second-order valence-electron chi connectivity index (χ2n) is 6.70. The van der Waals surface area contributed by atoms with E-state index in [0.717, 1.165) is 18.4 Å². The van der Waals surface area contributed by atoms with Gasteiger partial charge in [0.05, 0.1) is 23.7 Å². The number of nitrogens with one attached hydrogen (secondary N) is 2. The van der Waals surface area contributed by atoms with Gasteiger partial charge in [-0.15, -0.1) is 0 Å². The number of benzene rings is 2. The van der Waals surface area contributed by atoms with E-state index in [1.54, 1.807) is 18.2 Å². The van der Waals surface area contributed by atoms with Crippen LogP contribution in [-0.2, 0) is 10.0 Å². The van der Waals surface area contributed by atoms with Crippen molar-refractivity contribution in [3.8, 4) is 5.75 Å². The van der Waals surface area contributed by atoms with E-state index < -0.39 is 10.0 Å². The SMILES string of the molecule is COc1ccc(S(=O)(=O)N2CCCC2)cc1NC(=S)NC(C)c1ccccc1. The third kappa shape index (κ3) is 4.63. The van der Waals surface area contributed by atoms with Crippen LogP contribution in [0.15, 0.2) is 53.4 Å². The Morgan fingerprint density at radius 2 is 1.82 bits per heavy atom. The van der Waals surface area contributed by atoms with Crippen molar-refractivity contribution in [3.05, 3.63) is 54.1 Å². The topological polar surface area (TPSA) is 70.7 Å². The monoisotopic (exact) mass is 419 g/mol. The Hall–Kier alpha value is -2.16. The van der Waals surface area contributed by atoms with Crippen LogP contribution in [0.1, 0.15) is 31.4 Å². The van der Waals surface area contributed by atoms with Gasteiger partial charge in [0.25, 0.3) is 0 Å². The van der Waals surface area contributed by atoms with E-state index >= 15 is 0 Å². The van der Waals surface area contributed by atoms with E-state index in [1.807, 2.05) is 37.3 Å². The van der Waals surface area contributed by atoms with Crippen LogP contribution < -0.4 is 15.4 Å². The number of hydrogen-bond acceptors (Lipinski definition) is 4. The second-order valence-corrected chi connectivity index (χ2v) is 9.05. The molecule has 0 radical (unpaired) electrons. The van der Waals surface area contributed by atoms with Gasteiger partial charge in [-0.2, -0.15) is 4.31 Å². The van der Waals surface area contributed by atoms with Gasteiger partial charge in [-0.3, -0.25) is 0 Å². The molecular formula is C20H25N3O3S2. The first-order chi connectivity index (χ1) is 13.4. The van der Waals surface area contributed by atoms with Crippen molar-refractivity contribution < 1.29 is 13.2 Å². The first-order valence-electron chi connectivity index (χ1n) is 9.22. The zero-order valence-corrected chi connectivity index (χ0v) is 17.6. The lowest BCUT2D eigenvalue weighted by atomic mass is 10.1. The number of sulfonamides is 1. The number of thiocarbonyl (C=S) groups is 1. The average molecular weight is 420 g/mol. The fourth-order valence-electron chi connectivity index (χ4n) is 3.20. The van der Waals surface area contributed by atoms with Crippen LogP contribution in [0.2, 0.25) is 0 Å². The highest BCUT2D eigenvalue weighted by molar-refractivity contribution is 7.89. The van der Waals surface area contributed by atoms with Crippen LogP contribution >= 0.6 is 12.2 Å². The third-order valence-electron chi connectivity index (χ3n) is 4.77. The van der Waals surface area contributed by atoms with Gasteiger partial charge in [0, 0.05) is 13.1 Å². The summed E-state index contributed by atoms with van der Waals surface area (Å²) in [6.45, 7) is 3.13. The largest absolute Gasteiger partial charge is 0.495 e. The molecule has 2 N–H and O–H groups in total. The molecule has 1 unspecified atom stereocenters. The van der Waals surface area contributed by atoms with Gasteiger partial charge in [-0.05, 0) is 55.7 Å². The minimum Gasteiger partial charge on any atom is -0.495 e. The molecule has 1 saturated heterocycles. The molecule has 0 aromatic heterocycles. The standard InChI is InChI=1S/C20H25N3O3S2/c1-15(16-8-4-3-5-9-16)21-20(27)22-18-14-17(10-11-19(18)26-2)28(24,25)23-12-6-7-13-23/h3-5,8-11,14-15H,6-7,12-13H2,1-2H3,(H2,21,22,27). The predicted molar refractivity (Wildman–Crippen MR) is 115 cm³/mol. The number of anilines is 1. The van der Waals surface area contributed by atoms with Crippen molar-refractivity contribution >= 4 is 33.0 Å². The maximum atomic E-state index is 12.8. The molecular weight excluding hydrogens is 394 g/mol. The number of methoxy groups -OCH3 is 1. The number of hydrogen-bond donors (Lipinski definition) is 2. The van der Waals surface area contributed by atoms with Gasteiger partial charge in [0.15, 0.2) is 5.11 Å². The Kier molecular flexibility index (Phi) is 6.53. The molecule has 1 aliphatic rings. The van der Waals surface area contributed by atoms with Crippen molar-refractivity contribution in [3.63, 3.8) is 0 Å². The molecule has 2 aromatic rings. The zero-order valence-electron chi connectivity index (χ0n) is 16.0. The normalized spacial score (nSPS) is 15.8. The Morgan fingerprint density at radius 3 is 2.46 bits per heavy atom. The summed E-state index contributed by atoms with van der Waals surface area (Å²) < 4.78 is 32.6. The maximum absolute atomic E-state index is 12.8. The number of nitrogens with zero attached hydrogens (tertiary/aromatic N) is 1. The molecule has 1 aliphatic heterocycles. The molecule has 6 nitrogen and oxygen atoms in total. The van der Waals surface area contributed by atoms with Gasteiger partial charge >= 0.3 is 0 Å². The summed E-state index contributed by atoms with van der Waals surface area (Å²) in [7, 11) is -1.97. The molecule has 0 amide bonds. The highest BCUT2D eigenvalue weighted by Crippen LogP contribution is 2.30. The molecule has 2 aromatic carbocycles. The highest BCUT2D eigenvalue weighted by Gasteiger charge is 2.28. The van der Waals surface area contributed by atoms with E-state index in [-0.39, 0.29) is 10.9 Å². The van der Waals surface area contributed by atoms with Crippen LogP contribution in [0.3, 0.4) is 0 Å². The van der Waals surface area contributed by atoms with Gasteiger partial charge in [-0.25, -0.2) is 8.42 Å². The highest BCUT2D eigenvalue weighted by atomic mass is 32.2. The number of ether oxygens (including phenoxy) is 1. The molecule has 150 valence electrons. The fourth-order valence-corrected chi connectivity index (χ4v) is 5.03. The van der Waals surface area contributed by atoms with Crippen LogP contribution in [-0.4, -0.2) is 38.0 Å². The average Bonchev–Trinajstić information content (AvgIpc) is 3.24. The first kappa shape index (κ1) is 20.6. The summed E-state index contributed by atoms with van der Waals surface area (Å²) in [5.41, 5.74) is 1.62. The van der Waals surface area contributed by atoms with Gasteiger partial charge in [0.1, 0.15) is 5.75 Å². The van der Waals surface area contributed by atoms with Crippen LogP contribution in [0.25, 0.3) is 0 Å². The third-order valence-corrected chi connectivity index (χ3v) is 6.88. The van der Waals surface area contributed by atoms with E-state index in [4.69, 9.17) is 17.0 Å². The summed E-state index contributed by atoms with van der Waals surface area (Å²) in [6.07, 6.45) is 1.79. The predicted octanol–water partition coefficient (Wildman–Crippen LogP) is 3.53. The summed E-state index contributed by atoms with van der Waals surface area (Å²) in [6, 6.07) is 14.7. The summed E-state index contributed by atoms with van der Waals surface area (Å²) in [5.74, 6) is 0.525.